The molecule has 0 saturated carbocycles. The fraction of sp³-hybridized carbons (Fsp3) is 0.375. The molecular weight excluding hydrogens is 298 g/mol. The van der Waals surface area contributed by atoms with Crippen molar-refractivity contribution >= 4 is 22.5 Å². The zero-order valence-corrected chi connectivity index (χ0v) is 13.3. The average Bonchev–Trinajstić information content (AvgIpc) is 2.49. The average molecular weight is 317 g/mol. The van der Waals surface area contributed by atoms with Gasteiger partial charge < -0.3 is 10.0 Å². The minimum atomic E-state index is -1.03. The number of carbonyl (C=O) groups excluding carboxylic acids is 1. The Morgan fingerprint density at radius 3 is 2.65 bits per heavy atom. The highest BCUT2D eigenvalue weighted by Gasteiger charge is 2.25. The molecule has 7 heteroatoms. The number of rotatable bonds is 5. The van der Waals surface area contributed by atoms with Gasteiger partial charge in [0, 0.05) is 25.4 Å². The summed E-state index contributed by atoms with van der Waals surface area (Å²) in [6, 6.07) is 5.90. The number of benzene rings is 1. The molecule has 0 atom stereocenters. The third kappa shape index (κ3) is 3.62. The summed E-state index contributed by atoms with van der Waals surface area (Å²) in [4.78, 5) is 29.0. The van der Waals surface area contributed by atoms with Crippen molar-refractivity contribution < 1.29 is 14.8 Å². The molecule has 23 heavy (non-hydrogen) atoms. The van der Waals surface area contributed by atoms with Crippen molar-refractivity contribution in [1.29, 1.82) is 0 Å². The Hall–Kier alpha value is -2.54. The maximum atomic E-state index is 12.8. The van der Waals surface area contributed by atoms with Crippen LogP contribution in [0, 0.1) is 10.1 Å². The number of fused-ring (bicyclic) bond motifs is 1. The van der Waals surface area contributed by atoms with Crippen LogP contribution >= 0.6 is 0 Å². The van der Waals surface area contributed by atoms with Crippen LogP contribution in [0.25, 0.3) is 10.9 Å². The van der Waals surface area contributed by atoms with Crippen LogP contribution < -0.4 is 0 Å². The molecule has 0 spiro atoms. The number of non-ortho nitro benzene ring substituents is 1. The van der Waals surface area contributed by atoms with Gasteiger partial charge in [0.25, 0.3) is 11.6 Å². The molecule has 0 aliphatic carbocycles. The number of pyridine rings is 1. The van der Waals surface area contributed by atoms with E-state index in [1.54, 1.807) is 26.0 Å². The van der Waals surface area contributed by atoms with Crippen LogP contribution in [-0.4, -0.2) is 44.5 Å². The number of nitro benzene ring substituents is 1. The highest BCUT2D eigenvalue weighted by Crippen LogP contribution is 2.27. The molecule has 2 rings (SSSR count). The van der Waals surface area contributed by atoms with Crippen LogP contribution in [0.1, 0.15) is 31.1 Å². The number of hydrogen-bond acceptors (Lipinski definition) is 5. The molecule has 0 bridgehead atoms. The molecule has 1 heterocycles. The predicted octanol–water partition coefficient (Wildman–Crippen LogP) is 2.38. The molecule has 1 N–H and O–H groups in total. The lowest BCUT2D eigenvalue weighted by molar-refractivity contribution is -0.383. The number of nitro groups is 1. The van der Waals surface area contributed by atoms with E-state index < -0.39 is 10.5 Å². The lowest BCUT2D eigenvalue weighted by Gasteiger charge is -2.28. The first-order valence-electron chi connectivity index (χ1n) is 7.28. The van der Waals surface area contributed by atoms with E-state index in [0.717, 1.165) is 0 Å². The Morgan fingerprint density at radius 2 is 2.09 bits per heavy atom. The second-order valence-corrected chi connectivity index (χ2v) is 5.92. The Labute approximate surface area is 133 Å². The van der Waals surface area contributed by atoms with Gasteiger partial charge >= 0.3 is 0 Å². The van der Waals surface area contributed by atoms with Gasteiger partial charge in [-0.3, -0.25) is 19.9 Å². The van der Waals surface area contributed by atoms with Gasteiger partial charge in [0.1, 0.15) is 0 Å². The molecule has 0 saturated heterocycles. The lowest BCUT2D eigenvalue weighted by Crippen LogP contribution is -2.42. The minimum Gasteiger partial charge on any atom is -0.389 e. The summed E-state index contributed by atoms with van der Waals surface area (Å²) >= 11 is 0. The highest BCUT2D eigenvalue weighted by atomic mass is 16.6. The maximum absolute atomic E-state index is 12.8. The highest BCUT2D eigenvalue weighted by molar-refractivity contribution is 6.07. The van der Waals surface area contributed by atoms with Gasteiger partial charge in [-0.1, -0.05) is 0 Å². The molecule has 0 radical (unpaired) electrons. The number of nitrogens with zero attached hydrogens (tertiary/aromatic N) is 3. The summed E-state index contributed by atoms with van der Waals surface area (Å²) in [5.74, 6) is -0.312. The van der Waals surface area contributed by atoms with Gasteiger partial charge in [-0.15, -0.1) is 0 Å². The Morgan fingerprint density at radius 1 is 1.39 bits per heavy atom. The lowest BCUT2D eigenvalue weighted by atomic mass is 10.0. The van der Waals surface area contributed by atoms with E-state index >= 15 is 0 Å². The van der Waals surface area contributed by atoms with Crippen molar-refractivity contribution in [3.63, 3.8) is 0 Å². The van der Waals surface area contributed by atoms with Gasteiger partial charge in [0.2, 0.25) is 0 Å². The zero-order valence-electron chi connectivity index (χ0n) is 13.3. The van der Waals surface area contributed by atoms with Crippen molar-refractivity contribution in [2.45, 2.75) is 26.4 Å². The second kappa shape index (κ2) is 6.29. The van der Waals surface area contributed by atoms with Crippen LogP contribution in [0.15, 0.2) is 30.5 Å². The van der Waals surface area contributed by atoms with Gasteiger partial charge in [-0.25, -0.2) is 0 Å². The Kier molecular flexibility index (Phi) is 4.60. The first kappa shape index (κ1) is 16.8. The summed E-state index contributed by atoms with van der Waals surface area (Å²) < 4.78 is 0. The van der Waals surface area contributed by atoms with Crippen LogP contribution in [-0.2, 0) is 0 Å². The Bertz CT molecular complexity index is 753. The monoisotopic (exact) mass is 317 g/mol. The topological polar surface area (TPSA) is 96.6 Å². The summed E-state index contributed by atoms with van der Waals surface area (Å²) in [6.45, 7) is 5.62. The molecular formula is C16H19N3O4. The number of hydrogen-bond donors (Lipinski definition) is 1. The maximum Gasteiger partial charge on any atom is 0.278 e. The number of likely N-dealkylation sites (N-methyl/N-ethyl adjacent to an activating group) is 1. The number of aromatic nitrogens is 1. The molecule has 0 fully saturated rings. The van der Waals surface area contributed by atoms with Crippen molar-refractivity contribution in [2.24, 2.45) is 0 Å². The van der Waals surface area contributed by atoms with Crippen LogP contribution in [0.5, 0.6) is 0 Å². The van der Waals surface area contributed by atoms with Crippen molar-refractivity contribution in [1.82, 2.24) is 9.88 Å². The third-order valence-electron chi connectivity index (χ3n) is 3.42. The molecule has 122 valence electrons. The number of aliphatic hydroxyl groups is 1. The van der Waals surface area contributed by atoms with Gasteiger partial charge in [0.05, 0.1) is 27.0 Å². The van der Waals surface area contributed by atoms with E-state index in [1.807, 2.05) is 6.92 Å². The van der Waals surface area contributed by atoms with Crippen LogP contribution in [0.2, 0.25) is 0 Å². The molecule has 1 aromatic carbocycles. The first-order chi connectivity index (χ1) is 10.7. The summed E-state index contributed by atoms with van der Waals surface area (Å²) in [6.07, 6.45) is 1.50. The van der Waals surface area contributed by atoms with Gasteiger partial charge in [-0.2, -0.15) is 0 Å². The number of amides is 1. The second-order valence-electron chi connectivity index (χ2n) is 5.92. The van der Waals surface area contributed by atoms with E-state index in [-0.39, 0.29) is 23.7 Å². The first-order valence-corrected chi connectivity index (χ1v) is 7.28. The molecule has 1 aromatic heterocycles. The summed E-state index contributed by atoms with van der Waals surface area (Å²) in [7, 11) is 0. The van der Waals surface area contributed by atoms with E-state index in [9.17, 15) is 20.0 Å². The van der Waals surface area contributed by atoms with Gasteiger partial charge in [-0.05, 0) is 39.0 Å². The zero-order chi connectivity index (χ0) is 17.2. The molecule has 0 unspecified atom stereocenters. The molecule has 1 amide bonds. The van der Waals surface area contributed by atoms with E-state index in [1.165, 1.54) is 23.2 Å². The molecule has 7 nitrogen and oxygen atoms in total. The van der Waals surface area contributed by atoms with Crippen molar-refractivity contribution in [3.8, 4) is 0 Å². The SMILES string of the molecule is CCN(CC(C)(C)O)C(=O)c1ccc([N+](=O)[O-])c2cccnc12. The fourth-order valence-electron chi connectivity index (χ4n) is 2.45. The van der Waals surface area contributed by atoms with E-state index in [0.29, 0.717) is 17.4 Å². The standard InChI is InChI=1S/C16H19N3O4/c1-4-18(10-16(2,3)21)15(20)12-7-8-13(19(22)23)11-6-5-9-17-14(11)12/h5-9,21H,4,10H2,1-3H3. The third-order valence-corrected chi connectivity index (χ3v) is 3.42. The van der Waals surface area contributed by atoms with E-state index in [4.69, 9.17) is 0 Å². The largest absolute Gasteiger partial charge is 0.389 e. The molecule has 0 aliphatic rings. The predicted molar refractivity (Wildman–Crippen MR) is 86.3 cm³/mol. The number of carbonyl (C=O) groups is 1. The fourth-order valence-corrected chi connectivity index (χ4v) is 2.45. The summed E-state index contributed by atoms with van der Waals surface area (Å²) in [5, 5.41) is 21.4. The van der Waals surface area contributed by atoms with Crippen molar-refractivity contribution in [3.05, 3.63) is 46.1 Å². The van der Waals surface area contributed by atoms with Crippen LogP contribution in [0.3, 0.4) is 0 Å². The van der Waals surface area contributed by atoms with E-state index in [2.05, 4.69) is 4.98 Å². The normalized spacial score (nSPS) is 11.5. The quantitative estimate of drug-likeness (QED) is 0.674. The Balaban J connectivity index is 2.53. The summed E-state index contributed by atoms with van der Waals surface area (Å²) in [5.41, 5.74) is -0.538. The smallest absolute Gasteiger partial charge is 0.278 e. The van der Waals surface area contributed by atoms with Crippen molar-refractivity contribution in [2.75, 3.05) is 13.1 Å². The van der Waals surface area contributed by atoms with Crippen LogP contribution in [0.4, 0.5) is 5.69 Å². The molecule has 0 aliphatic heterocycles. The molecule has 2 aromatic rings. The van der Waals surface area contributed by atoms with Gasteiger partial charge in [0.15, 0.2) is 0 Å². The minimum absolute atomic E-state index is 0.0878.